The third kappa shape index (κ3) is 5.66. The molecule has 0 bridgehead atoms. The lowest BCUT2D eigenvalue weighted by Crippen LogP contribution is -2.01. The van der Waals surface area contributed by atoms with Gasteiger partial charge in [-0.05, 0) is 36.8 Å². The van der Waals surface area contributed by atoms with Crippen LogP contribution >= 0.6 is 0 Å². The molecule has 0 aromatic heterocycles. The second kappa shape index (κ2) is 9.26. The van der Waals surface area contributed by atoms with E-state index in [1.165, 1.54) is 17.7 Å². The molecule has 8 nitrogen and oxygen atoms in total. The monoisotopic (exact) mass is 356 g/mol. The molecule has 1 atom stereocenters. The van der Waals surface area contributed by atoms with E-state index >= 15 is 0 Å². The second-order valence-corrected chi connectivity index (χ2v) is 6.00. The predicted molar refractivity (Wildman–Crippen MR) is 100 cm³/mol. The van der Waals surface area contributed by atoms with Crippen LogP contribution < -0.4 is 5.43 Å². The minimum absolute atomic E-state index is 0.119. The van der Waals surface area contributed by atoms with Crippen molar-refractivity contribution >= 4 is 23.3 Å². The highest BCUT2D eigenvalue weighted by atomic mass is 16.6. The molecular formula is C18H20N4O4. The van der Waals surface area contributed by atoms with Crippen LogP contribution in [0, 0.1) is 26.1 Å². The largest absolute Gasteiger partial charge is 0.301 e. The van der Waals surface area contributed by atoms with E-state index in [2.05, 4.69) is 29.6 Å². The lowest BCUT2D eigenvalue weighted by Gasteiger charge is -2.08. The van der Waals surface area contributed by atoms with Gasteiger partial charge in [-0.2, -0.15) is 5.10 Å². The number of rotatable bonds is 9. The summed E-state index contributed by atoms with van der Waals surface area (Å²) in [6.45, 7) is 2.11. The molecule has 0 saturated heterocycles. The normalized spacial score (nSPS) is 12.0. The molecule has 136 valence electrons. The summed E-state index contributed by atoms with van der Waals surface area (Å²) in [7, 11) is 0. The van der Waals surface area contributed by atoms with Crippen molar-refractivity contribution in [3.63, 3.8) is 0 Å². The minimum atomic E-state index is -0.673. The molecule has 2 rings (SSSR count). The summed E-state index contributed by atoms with van der Waals surface area (Å²) in [6, 6.07) is 13.6. The highest BCUT2D eigenvalue weighted by Crippen LogP contribution is 2.28. The van der Waals surface area contributed by atoms with Crippen molar-refractivity contribution in [3.05, 3.63) is 74.3 Å². The molecule has 1 unspecified atom stereocenters. The summed E-state index contributed by atoms with van der Waals surface area (Å²) in [4.78, 5) is 20.4. The number of nitrogens with one attached hydrogen (secondary N) is 1. The zero-order chi connectivity index (χ0) is 18.9. The zero-order valence-electron chi connectivity index (χ0n) is 14.4. The summed E-state index contributed by atoms with van der Waals surface area (Å²) in [5.74, 6) is 0.410. The summed E-state index contributed by atoms with van der Waals surface area (Å²) < 4.78 is 0. The quantitative estimate of drug-likeness (QED) is 0.402. The first-order valence-corrected chi connectivity index (χ1v) is 8.21. The lowest BCUT2D eigenvalue weighted by atomic mass is 9.99. The van der Waals surface area contributed by atoms with Gasteiger partial charge in [0.1, 0.15) is 5.69 Å². The van der Waals surface area contributed by atoms with Crippen LogP contribution in [0.2, 0.25) is 0 Å². The van der Waals surface area contributed by atoms with E-state index in [0.29, 0.717) is 5.92 Å². The Balaban J connectivity index is 1.87. The zero-order valence-corrected chi connectivity index (χ0v) is 14.4. The van der Waals surface area contributed by atoms with Gasteiger partial charge >= 0.3 is 5.69 Å². The average Bonchev–Trinajstić information content (AvgIpc) is 2.64. The van der Waals surface area contributed by atoms with Gasteiger partial charge in [0.25, 0.3) is 5.69 Å². The van der Waals surface area contributed by atoms with Crippen molar-refractivity contribution in [2.24, 2.45) is 11.0 Å². The van der Waals surface area contributed by atoms with Gasteiger partial charge in [-0.15, -0.1) is 0 Å². The molecule has 0 fully saturated rings. The third-order valence-corrected chi connectivity index (χ3v) is 3.94. The third-order valence-electron chi connectivity index (χ3n) is 3.94. The predicted octanol–water partition coefficient (Wildman–Crippen LogP) is 4.56. The molecule has 0 amide bonds. The first-order valence-electron chi connectivity index (χ1n) is 8.21. The summed E-state index contributed by atoms with van der Waals surface area (Å²) in [5, 5.41) is 25.8. The lowest BCUT2D eigenvalue weighted by molar-refractivity contribution is -0.393. The molecule has 0 spiro atoms. The van der Waals surface area contributed by atoms with Gasteiger partial charge < -0.3 is 0 Å². The Kier molecular flexibility index (Phi) is 6.78. The molecule has 2 aromatic rings. The van der Waals surface area contributed by atoms with Crippen molar-refractivity contribution in [1.29, 1.82) is 0 Å². The first kappa shape index (κ1) is 19.0. The van der Waals surface area contributed by atoms with Gasteiger partial charge in [0.15, 0.2) is 0 Å². The van der Waals surface area contributed by atoms with Crippen molar-refractivity contribution in [1.82, 2.24) is 0 Å². The summed E-state index contributed by atoms with van der Waals surface area (Å²) in [6.07, 6.45) is 4.38. The maximum Gasteiger partial charge on any atom is 0.301 e. The Morgan fingerprint density at radius 1 is 1.12 bits per heavy atom. The molecule has 0 aliphatic rings. The number of nitrogens with zero attached hydrogens (tertiary/aromatic N) is 3. The number of nitro benzene ring substituents is 2. The van der Waals surface area contributed by atoms with Crippen LogP contribution in [0.4, 0.5) is 17.1 Å². The fourth-order valence-corrected chi connectivity index (χ4v) is 2.40. The van der Waals surface area contributed by atoms with Crippen LogP contribution in [-0.2, 0) is 6.42 Å². The van der Waals surface area contributed by atoms with Crippen LogP contribution in [0.25, 0.3) is 0 Å². The summed E-state index contributed by atoms with van der Waals surface area (Å²) in [5.41, 5.74) is 3.29. The Labute approximate surface area is 150 Å². The van der Waals surface area contributed by atoms with Crippen LogP contribution in [0.1, 0.15) is 25.3 Å². The fourth-order valence-electron chi connectivity index (χ4n) is 2.40. The highest BCUT2D eigenvalue weighted by Gasteiger charge is 2.19. The van der Waals surface area contributed by atoms with Gasteiger partial charge in [-0.3, -0.25) is 25.7 Å². The molecule has 2 aromatic carbocycles. The molecule has 0 saturated carbocycles. The van der Waals surface area contributed by atoms with Gasteiger partial charge in [-0.25, -0.2) is 0 Å². The molecule has 8 heteroatoms. The maximum atomic E-state index is 11.0. The van der Waals surface area contributed by atoms with E-state index in [4.69, 9.17) is 0 Å². The molecule has 26 heavy (non-hydrogen) atoms. The average molecular weight is 356 g/mol. The van der Waals surface area contributed by atoms with E-state index < -0.39 is 9.85 Å². The number of aryl methyl sites for hydroxylation is 1. The van der Waals surface area contributed by atoms with E-state index in [0.717, 1.165) is 25.3 Å². The fraction of sp³-hybridized carbons (Fsp3) is 0.278. The van der Waals surface area contributed by atoms with E-state index in [9.17, 15) is 20.2 Å². The second-order valence-electron chi connectivity index (χ2n) is 6.00. The van der Waals surface area contributed by atoms with Crippen molar-refractivity contribution < 1.29 is 9.85 Å². The standard InChI is InChI=1S/C18H20N4O4/c1-14(7-8-15-5-3-2-4-6-15)11-12-19-20-17-10-9-16(21(23)24)13-18(17)22(25)26/h2-6,9-10,12-14,20H,7-8,11H2,1H3/b19-12-. The smallest absolute Gasteiger partial charge is 0.272 e. The molecule has 0 heterocycles. The number of hydrazone groups is 1. The molecule has 0 aliphatic heterocycles. The van der Waals surface area contributed by atoms with Crippen molar-refractivity contribution in [2.45, 2.75) is 26.2 Å². The Bertz CT molecular complexity index is 793. The van der Waals surface area contributed by atoms with E-state index in [-0.39, 0.29) is 17.1 Å². The van der Waals surface area contributed by atoms with E-state index in [1.54, 1.807) is 6.21 Å². The van der Waals surface area contributed by atoms with Gasteiger partial charge in [0, 0.05) is 12.3 Å². The molecule has 0 aliphatic carbocycles. The van der Waals surface area contributed by atoms with E-state index in [1.807, 2.05) is 18.2 Å². The number of hydrogen-bond donors (Lipinski definition) is 1. The Morgan fingerprint density at radius 2 is 1.85 bits per heavy atom. The van der Waals surface area contributed by atoms with Gasteiger partial charge in [0.05, 0.1) is 15.9 Å². The molecular weight excluding hydrogens is 336 g/mol. The van der Waals surface area contributed by atoms with Crippen molar-refractivity contribution in [3.8, 4) is 0 Å². The first-order chi connectivity index (χ1) is 12.5. The minimum Gasteiger partial charge on any atom is -0.272 e. The number of nitro groups is 2. The van der Waals surface area contributed by atoms with Crippen LogP contribution in [-0.4, -0.2) is 16.1 Å². The van der Waals surface area contributed by atoms with Crippen LogP contribution in [0.5, 0.6) is 0 Å². The topological polar surface area (TPSA) is 111 Å². The number of anilines is 1. The maximum absolute atomic E-state index is 11.0. The van der Waals surface area contributed by atoms with Crippen LogP contribution in [0.15, 0.2) is 53.6 Å². The number of non-ortho nitro benzene ring substituents is 1. The number of hydrogen-bond acceptors (Lipinski definition) is 6. The Hall–Kier alpha value is -3.29. The van der Waals surface area contributed by atoms with Crippen LogP contribution in [0.3, 0.4) is 0 Å². The number of benzene rings is 2. The van der Waals surface area contributed by atoms with Gasteiger partial charge in [-0.1, -0.05) is 37.3 Å². The Morgan fingerprint density at radius 3 is 2.50 bits per heavy atom. The molecule has 0 radical (unpaired) electrons. The summed E-state index contributed by atoms with van der Waals surface area (Å²) >= 11 is 0. The SMILES string of the molecule is CC(C/C=N\Nc1ccc([N+](=O)[O-])cc1[N+](=O)[O-])CCc1ccccc1. The molecule has 1 N–H and O–H groups in total. The van der Waals surface area contributed by atoms with Crippen molar-refractivity contribution in [2.75, 3.05) is 5.43 Å². The highest BCUT2D eigenvalue weighted by molar-refractivity contribution is 5.67. The van der Waals surface area contributed by atoms with Gasteiger partial charge in [0.2, 0.25) is 0 Å².